The Morgan fingerprint density at radius 3 is 3.04 bits per heavy atom. The number of carbonyl (C=O) groups excluding carboxylic acids is 1. The first-order valence-corrected chi connectivity index (χ1v) is 7.78. The molecule has 1 aromatic heterocycles. The van der Waals surface area contributed by atoms with Gasteiger partial charge in [-0.15, -0.1) is 0 Å². The van der Waals surface area contributed by atoms with Gasteiger partial charge in [0, 0.05) is 25.4 Å². The zero-order chi connectivity index (χ0) is 16.1. The van der Waals surface area contributed by atoms with Crippen molar-refractivity contribution in [3.05, 3.63) is 53.3 Å². The quantitative estimate of drug-likeness (QED) is 0.879. The van der Waals surface area contributed by atoms with Crippen LogP contribution in [0, 0.1) is 0 Å². The average Bonchev–Trinajstić information content (AvgIpc) is 3.02. The Morgan fingerprint density at radius 1 is 1.43 bits per heavy atom. The molecule has 1 aromatic carbocycles. The molecule has 0 saturated heterocycles. The molecule has 1 aliphatic heterocycles. The van der Waals surface area contributed by atoms with E-state index in [4.69, 9.17) is 9.47 Å². The van der Waals surface area contributed by atoms with Gasteiger partial charge in [0.2, 0.25) is 0 Å². The van der Waals surface area contributed by atoms with Crippen LogP contribution in [-0.4, -0.2) is 42.6 Å². The van der Waals surface area contributed by atoms with Crippen LogP contribution in [0.3, 0.4) is 0 Å². The smallest absolute Gasteiger partial charge is 0.251 e. The van der Waals surface area contributed by atoms with Gasteiger partial charge in [0.15, 0.2) is 0 Å². The fourth-order valence-electron chi connectivity index (χ4n) is 2.66. The molecule has 0 spiro atoms. The van der Waals surface area contributed by atoms with E-state index < -0.39 is 0 Å². The maximum Gasteiger partial charge on any atom is 0.251 e. The van der Waals surface area contributed by atoms with Crippen molar-refractivity contribution in [3.63, 3.8) is 0 Å². The molecule has 0 fully saturated rings. The number of amides is 1. The summed E-state index contributed by atoms with van der Waals surface area (Å²) in [6.07, 6.45) is 2.70. The zero-order valence-corrected chi connectivity index (χ0v) is 13.2. The van der Waals surface area contributed by atoms with Crippen molar-refractivity contribution in [2.24, 2.45) is 0 Å². The van der Waals surface area contributed by atoms with Crippen LogP contribution in [0.2, 0.25) is 0 Å². The molecule has 6 nitrogen and oxygen atoms in total. The number of methoxy groups -OCH3 is 1. The lowest BCUT2D eigenvalue weighted by Gasteiger charge is -2.22. The van der Waals surface area contributed by atoms with E-state index in [-0.39, 0.29) is 12.0 Å². The highest BCUT2D eigenvalue weighted by atomic mass is 16.5. The van der Waals surface area contributed by atoms with Crippen LogP contribution in [0.25, 0.3) is 0 Å². The number of hydrogen-bond donors (Lipinski definition) is 1. The van der Waals surface area contributed by atoms with Crippen LogP contribution in [0.4, 0.5) is 0 Å². The van der Waals surface area contributed by atoms with Crippen molar-refractivity contribution < 1.29 is 14.3 Å². The molecule has 6 heteroatoms. The van der Waals surface area contributed by atoms with Crippen LogP contribution < -0.4 is 5.32 Å². The monoisotopic (exact) mass is 315 g/mol. The first kappa shape index (κ1) is 15.7. The number of carbonyl (C=O) groups is 1. The summed E-state index contributed by atoms with van der Waals surface area (Å²) in [5.74, 6) is -0.0971. The molecule has 23 heavy (non-hydrogen) atoms. The molecular formula is C17H21N3O3. The van der Waals surface area contributed by atoms with Crippen LogP contribution >= 0.6 is 0 Å². The van der Waals surface area contributed by atoms with E-state index in [0.29, 0.717) is 31.9 Å². The van der Waals surface area contributed by atoms with E-state index in [0.717, 1.165) is 12.1 Å². The second-order valence-corrected chi connectivity index (χ2v) is 5.48. The minimum atomic E-state index is -0.199. The molecule has 1 aliphatic rings. The summed E-state index contributed by atoms with van der Waals surface area (Å²) in [6, 6.07) is 9.17. The molecule has 0 aliphatic carbocycles. The van der Waals surface area contributed by atoms with Gasteiger partial charge in [-0.3, -0.25) is 9.48 Å². The van der Waals surface area contributed by atoms with Crippen molar-refractivity contribution >= 4 is 5.91 Å². The minimum Gasteiger partial charge on any atom is -0.383 e. The van der Waals surface area contributed by atoms with Crippen LogP contribution in [0.5, 0.6) is 0 Å². The lowest BCUT2D eigenvalue weighted by atomic mass is 10.1. The van der Waals surface area contributed by atoms with Crippen molar-refractivity contribution in [1.82, 2.24) is 15.1 Å². The molecule has 3 rings (SSSR count). The lowest BCUT2D eigenvalue weighted by Crippen LogP contribution is -2.31. The normalized spacial score (nSPS) is 16.8. The zero-order valence-electron chi connectivity index (χ0n) is 13.2. The fraction of sp³-hybridized carbons (Fsp3) is 0.412. The summed E-state index contributed by atoms with van der Waals surface area (Å²) >= 11 is 0. The molecule has 0 bridgehead atoms. The molecular weight excluding hydrogens is 294 g/mol. The van der Waals surface area contributed by atoms with Crippen LogP contribution in [0.15, 0.2) is 36.5 Å². The van der Waals surface area contributed by atoms with E-state index in [1.807, 2.05) is 29.1 Å². The van der Waals surface area contributed by atoms with Gasteiger partial charge in [0.1, 0.15) is 6.10 Å². The van der Waals surface area contributed by atoms with E-state index in [9.17, 15) is 4.79 Å². The third-order valence-electron chi connectivity index (χ3n) is 3.87. The summed E-state index contributed by atoms with van der Waals surface area (Å²) < 4.78 is 12.8. The first-order valence-electron chi connectivity index (χ1n) is 7.78. The van der Waals surface area contributed by atoms with Gasteiger partial charge >= 0.3 is 0 Å². The van der Waals surface area contributed by atoms with Gasteiger partial charge in [0.25, 0.3) is 5.91 Å². The third-order valence-corrected chi connectivity index (χ3v) is 3.87. The minimum absolute atomic E-state index is 0.0971. The summed E-state index contributed by atoms with van der Waals surface area (Å²) in [6.45, 7) is 2.40. The Hall–Kier alpha value is -2.18. The molecule has 0 unspecified atom stereocenters. The van der Waals surface area contributed by atoms with E-state index in [2.05, 4.69) is 10.4 Å². The lowest BCUT2D eigenvalue weighted by molar-refractivity contribution is 0.0382. The predicted molar refractivity (Wildman–Crippen MR) is 85.3 cm³/mol. The molecule has 122 valence electrons. The average molecular weight is 315 g/mol. The van der Waals surface area contributed by atoms with Crippen molar-refractivity contribution in [2.75, 3.05) is 26.9 Å². The number of nitrogens with one attached hydrogen (secondary N) is 1. The number of hydrogen-bond acceptors (Lipinski definition) is 4. The molecule has 2 aromatic rings. The Balaban J connectivity index is 1.64. The van der Waals surface area contributed by atoms with Crippen LogP contribution in [0.1, 0.15) is 27.7 Å². The number of nitrogens with zero attached hydrogens (tertiary/aromatic N) is 2. The molecule has 0 saturated carbocycles. The Morgan fingerprint density at radius 2 is 2.26 bits per heavy atom. The maximum atomic E-state index is 12.1. The number of rotatable bonds is 6. The molecule has 0 radical (unpaired) electrons. The third kappa shape index (κ3) is 3.78. The highest BCUT2D eigenvalue weighted by Crippen LogP contribution is 2.25. The Labute approximate surface area is 135 Å². The van der Waals surface area contributed by atoms with Crippen LogP contribution in [-0.2, 0) is 22.4 Å². The summed E-state index contributed by atoms with van der Waals surface area (Å²) in [7, 11) is 1.68. The summed E-state index contributed by atoms with van der Waals surface area (Å²) in [5, 5.41) is 7.50. The van der Waals surface area contributed by atoms with E-state index >= 15 is 0 Å². The van der Waals surface area contributed by atoms with Crippen molar-refractivity contribution in [1.29, 1.82) is 0 Å². The Bertz CT molecular complexity index is 654. The van der Waals surface area contributed by atoms with Gasteiger partial charge in [-0.05, 0) is 24.1 Å². The maximum absolute atomic E-state index is 12.1. The second-order valence-electron chi connectivity index (χ2n) is 5.48. The van der Waals surface area contributed by atoms with Gasteiger partial charge in [-0.2, -0.15) is 5.10 Å². The van der Waals surface area contributed by atoms with Gasteiger partial charge in [-0.1, -0.05) is 18.2 Å². The van der Waals surface area contributed by atoms with Gasteiger partial charge in [-0.25, -0.2) is 0 Å². The van der Waals surface area contributed by atoms with E-state index in [1.54, 1.807) is 19.2 Å². The molecule has 2 heterocycles. The topological polar surface area (TPSA) is 65.4 Å². The SMILES string of the molecule is COCCn1cc2c(n1)[C@H](CNC(=O)c1ccccc1)OCC2. The number of ether oxygens (including phenoxy) is 2. The van der Waals surface area contributed by atoms with E-state index in [1.165, 1.54) is 5.56 Å². The van der Waals surface area contributed by atoms with Gasteiger partial charge < -0.3 is 14.8 Å². The summed E-state index contributed by atoms with van der Waals surface area (Å²) in [4.78, 5) is 12.1. The molecule has 1 atom stereocenters. The van der Waals surface area contributed by atoms with Gasteiger partial charge in [0.05, 0.1) is 25.5 Å². The van der Waals surface area contributed by atoms with Crippen molar-refractivity contribution in [2.45, 2.75) is 19.1 Å². The fourth-order valence-corrected chi connectivity index (χ4v) is 2.66. The number of benzene rings is 1. The second kappa shape index (κ2) is 7.39. The first-order chi connectivity index (χ1) is 11.3. The summed E-state index contributed by atoms with van der Waals surface area (Å²) in [5.41, 5.74) is 2.75. The van der Waals surface area contributed by atoms with Crippen molar-refractivity contribution in [3.8, 4) is 0 Å². The predicted octanol–water partition coefficient (Wildman–Crippen LogP) is 1.57. The molecule has 1 N–H and O–H groups in total. The highest BCUT2D eigenvalue weighted by Gasteiger charge is 2.25. The number of fused-ring (bicyclic) bond motifs is 1. The largest absolute Gasteiger partial charge is 0.383 e. The number of aromatic nitrogens is 2. The highest BCUT2D eigenvalue weighted by molar-refractivity contribution is 5.94. The standard InChI is InChI=1S/C17H21N3O3/c1-22-10-8-20-12-14-7-9-23-15(16(14)19-20)11-18-17(21)13-5-3-2-4-6-13/h2-6,12,15H,7-11H2,1H3,(H,18,21)/t15-/m0/s1. The molecule has 1 amide bonds. The Kier molecular flexibility index (Phi) is 5.05.